The largest absolute Gasteiger partial charge is 0.480 e. The van der Waals surface area contributed by atoms with E-state index in [1.54, 1.807) is 0 Å². The van der Waals surface area contributed by atoms with Gasteiger partial charge in [0.2, 0.25) is 0 Å². The minimum absolute atomic E-state index is 0.464. The number of carbonyl (C=O) groups is 1. The summed E-state index contributed by atoms with van der Waals surface area (Å²) in [5, 5.41) is 8.24. The third-order valence-corrected chi connectivity index (χ3v) is 1.04. The quantitative estimate of drug-likeness (QED) is 0.435. The second-order valence-corrected chi connectivity index (χ2v) is 4.07. The van der Waals surface area contributed by atoms with Crippen molar-refractivity contribution in [1.82, 2.24) is 0 Å². The molecule has 0 rings (SSSR count). The van der Waals surface area contributed by atoms with E-state index >= 15 is 0 Å². The van der Waals surface area contributed by atoms with E-state index in [0.717, 1.165) is 0 Å². The smallest absolute Gasteiger partial charge is 0.320 e. The zero-order valence-corrected chi connectivity index (χ0v) is 8.70. The summed E-state index contributed by atoms with van der Waals surface area (Å²) < 4.78 is 25.9. The van der Waals surface area contributed by atoms with Gasteiger partial charge in [0.1, 0.15) is 6.04 Å². The van der Waals surface area contributed by atoms with Crippen molar-refractivity contribution in [2.45, 2.75) is 18.9 Å². The molecular formula is C6H16N2O5S. The molecule has 0 radical (unpaired) electrons. The Morgan fingerprint density at radius 3 is 2.07 bits per heavy atom. The average Bonchev–Trinajstić information content (AvgIpc) is 1.96. The molecule has 0 aromatic heterocycles. The Labute approximate surface area is 82.8 Å². The van der Waals surface area contributed by atoms with Crippen LogP contribution in [0.1, 0.15) is 12.8 Å². The molecule has 0 bridgehead atoms. The van der Waals surface area contributed by atoms with Crippen molar-refractivity contribution in [2.75, 3.05) is 12.8 Å². The topological polar surface area (TPSA) is 144 Å². The van der Waals surface area contributed by atoms with Crippen LogP contribution in [-0.4, -0.2) is 42.9 Å². The summed E-state index contributed by atoms with van der Waals surface area (Å²) >= 11 is 0. The lowest BCUT2D eigenvalue weighted by atomic mass is 10.2. The second kappa shape index (κ2) is 7.68. The number of nitrogens with two attached hydrogens (primary N) is 2. The molecule has 0 saturated heterocycles. The minimum atomic E-state index is -3.67. The number of rotatable bonds is 4. The molecule has 0 saturated carbocycles. The maximum atomic E-state index is 10.0. The van der Waals surface area contributed by atoms with Crippen molar-refractivity contribution >= 4 is 16.1 Å². The summed E-state index contributed by atoms with van der Waals surface area (Å²) in [6.07, 6.45) is 1.85. The lowest BCUT2D eigenvalue weighted by Crippen LogP contribution is -2.30. The van der Waals surface area contributed by atoms with Gasteiger partial charge in [-0.1, -0.05) is 0 Å². The molecule has 0 aliphatic carbocycles. The van der Waals surface area contributed by atoms with Gasteiger partial charge in [0.05, 0.1) is 6.26 Å². The van der Waals surface area contributed by atoms with Gasteiger partial charge in [-0.15, -0.1) is 0 Å². The Bertz CT molecular complexity index is 243. The highest BCUT2D eigenvalue weighted by atomic mass is 32.2. The molecule has 86 valence electrons. The molecule has 0 heterocycles. The third-order valence-electron chi connectivity index (χ3n) is 1.04. The van der Waals surface area contributed by atoms with Gasteiger partial charge in [-0.3, -0.25) is 9.35 Å². The van der Waals surface area contributed by atoms with Crippen LogP contribution in [-0.2, 0) is 14.9 Å². The number of hydrogen-bond acceptors (Lipinski definition) is 5. The maximum Gasteiger partial charge on any atom is 0.320 e. The summed E-state index contributed by atoms with van der Waals surface area (Å²) in [6.45, 7) is 0.501. The van der Waals surface area contributed by atoms with Crippen molar-refractivity contribution in [3.63, 3.8) is 0 Å². The van der Waals surface area contributed by atoms with Gasteiger partial charge in [0.15, 0.2) is 0 Å². The Morgan fingerprint density at radius 1 is 1.50 bits per heavy atom. The summed E-state index contributed by atoms with van der Waals surface area (Å²) in [7, 11) is -3.67. The molecule has 0 amide bonds. The monoisotopic (exact) mass is 228 g/mol. The molecule has 0 aliphatic rings. The summed E-state index contributed by atoms with van der Waals surface area (Å²) in [5.74, 6) is -0.955. The fourth-order valence-electron chi connectivity index (χ4n) is 0.461. The van der Waals surface area contributed by atoms with Crippen LogP contribution < -0.4 is 11.5 Å². The van der Waals surface area contributed by atoms with Crippen LogP contribution in [0.15, 0.2) is 0 Å². The maximum absolute atomic E-state index is 10.0. The first-order chi connectivity index (χ1) is 6.18. The molecule has 0 aliphatic heterocycles. The first-order valence-corrected chi connectivity index (χ1v) is 5.64. The van der Waals surface area contributed by atoms with E-state index in [1.807, 2.05) is 0 Å². The van der Waals surface area contributed by atoms with E-state index in [2.05, 4.69) is 0 Å². The SMILES string of the molecule is CS(=O)(=O)O.NCCC[C@H](N)C(=O)O. The molecule has 7 nitrogen and oxygen atoms in total. The molecule has 6 N–H and O–H groups in total. The first kappa shape index (κ1) is 15.8. The molecule has 1 atom stereocenters. The van der Waals surface area contributed by atoms with Crippen LogP contribution in [0.3, 0.4) is 0 Å². The molecule has 0 aromatic carbocycles. The summed E-state index contributed by atoms with van der Waals surface area (Å²) in [5.41, 5.74) is 10.3. The Kier molecular flexibility index (Phi) is 8.65. The Morgan fingerprint density at radius 2 is 1.86 bits per heavy atom. The molecule has 14 heavy (non-hydrogen) atoms. The third kappa shape index (κ3) is 22.5. The minimum Gasteiger partial charge on any atom is -0.480 e. The van der Waals surface area contributed by atoms with Gasteiger partial charge in [-0.05, 0) is 19.4 Å². The lowest BCUT2D eigenvalue weighted by Gasteiger charge is -2.02. The van der Waals surface area contributed by atoms with E-state index < -0.39 is 22.1 Å². The van der Waals surface area contributed by atoms with Gasteiger partial charge in [0.25, 0.3) is 10.1 Å². The van der Waals surface area contributed by atoms with E-state index in [9.17, 15) is 13.2 Å². The number of aliphatic carboxylic acids is 1. The molecule has 0 fully saturated rings. The molecule has 0 unspecified atom stereocenters. The van der Waals surface area contributed by atoms with Gasteiger partial charge < -0.3 is 16.6 Å². The molecule has 0 aromatic rings. The zero-order valence-electron chi connectivity index (χ0n) is 7.88. The van der Waals surface area contributed by atoms with Gasteiger partial charge >= 0.3 is 5.97 Å². The van der Waals surface area contributed by atoms with E-state index in [0.29, 0.717) is 25.6 Å². The van der Waals surface area contributed by atoms with Crippen molar-refractivity contribution < 1.29 is 22.9 Å². The molecule has 0 spiro atoms. The second-order valence-electron chi connectivity index (χ2n) is 2.61. The van der Waals surface area contributed by atoms with Crippen molar-refractivity contribution in [3.8, 4) is 0 Å². The Balaban J connectivity index is 0. The fourth-order valence-corrected chi connectivity index (χ4v) is 0.461. The van der Waals surface area contributed by atoms with Crippen LogP contribution in [0, 0.1) is 0 Å². The van der Waals surface area contributed by atoms with Gasteiger partial charge in [-0.2, -0.15) is 8.42 Å². The molecule has 8 heteroatoms. The van der Waals surface area contributed by atoms with E-state index in [1.165, 1.54) is 0 Å². The average molecular weight is 228 g/mol. The number of carboxylic acids is 1. The lowest BCUT2D eigenvalue weighted by molar-refractivity contribution is -0.138. The first-order valence-electron chi connectivity index (χ1n) is 3.79. The summed E-state index contributed by atoms with van der Waals surface area (Å²) in [6, 6.07) is -0.742. The van der Waals surface area contributed by atoms with Crippen molar-refractivity contribution in [2.24, 2.45) is 11.5 Å². The van der Waals surface area contributed by atoms with Crippen molar-refractivity contribution in [3.05, 3.63) is 0 Å². The predicted molar refractivity (Wildman–Crippen MR) is 51.4 cm³/mol. The molecular weight excluding hydrogens is 212 g/mol. The van der Waals surface area contributed by atoms with Gasteiger partial charge in [0, 0.05) is 0 Å². The van der Waals surface area contributed by atoms with Crippen molar-refractivity contribution in [1.29, 1.82) is 0 Å². The Hall–Kier alpha value is -0.700. The van der Waals surface area contributed by atoms with Crippen LogP contribution in [0.2, 0.25) is 0 Å². The highest BCUT2D eigenvalue weighted by molar-refractivity contribution is 7.85. The van der Waals surface area contributed by atoms with Crippen LogP contribution in [0.25, 0.3) is 0 Å². The number of carboxylic acid groups (broad SMARTS) is 1. The normalized spacial score (nSPS) is 12.6. The van der Waals surface area contributed by atoms with Gasteiger partial charge in [-0.25, -0.2) is 0 Å². The highest BCUT2D eigenvalue weighted by Crippen LogP contribution is 1.91. The zero-order chi connectivity index (χ0) is 11.8. The summed E-state index contributed by atoms with van der Waals surface area (Å²) in [4.78, 5) is 10.0. The standard InChI is InChI=1S/C5H12N2O2.CH4O3S/c6-3-1-2-4(7)5(8)9;1-5(2,3)4/h4H,1-3,6-7H2,(H,8,9);1H3,(H,2,3,4)/t4-;/m0./s1. The van der Waals surface area contributed by atoms with Crippen LogP contribution in [0.4, 0.5) is 0 Å². The van der Waals surface area contributed by atoms with E-state index in [4.69, 9.17) is 21.1 Å². The fraction of sp³-hybridized carbons (Fsp3) is 0.833. The van der Waals surface area contributed by atoms with Crippen LogP contribution in [0.5, 0.6) is 0 Å². The van der Waals surface area contributed by atoms with Crippen LogP contribution >= 0.6 is 0 Å². The predicted octanol–water partition coefficient (Wildman–Crippen LogP) is -1.36. The number of hydrogen-bond donors (Lipinski definition) is 4. The highest BCUT2D eigenvalue weighted by Gasteiger charge is 2.08. The van der Waals surface area contributed by atoms with E-state index in [-0.39, 0.29) is 0 Å².